The van der Waals surface area contributed by atoms with Crippen LogP contribution in [0, 0.1) is 0 Å². The van der Waals surface area contributed by atoms with Crippen LogP contribution in [0.2, 0.25) is 0 Å². The number of aliphatic carboxylic acids is 1. The molecule has 0 unspecified atom stereocenters. The van der Waals surface area contributed by atoms with Gasteiger partial charge < -0.3 is 10.2 Å². The molecule has 13 heavy (non-hydrogen) atoms. The number of hydrogen-bond donors (Lipinski definition) is 2. The average Bonchev–Trinajstić information content (AvgIpc) is 2.04. The molecule has 2 N–H and O–H groups in total. The highest BCUT2D eigenvalue weighted by molar-refractivity contribution is 5.85. The van der Waals surface area contributed by atoms with E-state index >= 15 is 0 Å². The van der Waals surface area contributed by atoms with Gasteiger partial charge in [-0.2, -0.15) is 0 Å². The van der Waals surface area contributed by atoms with Crippen LogP contribution in [-0.2, 0) is 4.79 Å². The Bertz CT molecular complexity index is 226. The molecule has 0 spiro atoms. The molecule has 0 aromatic carbocycles. The molecule has 0 radical (unpaired) electrons. The molecule has 0 aromatic rings. The van der Waals surface area contributed by atoms with Gasteiger partial charge in [-0.15, -0.1) is 0 Å². The molecule has 0 aliphatic rings. The number of hydrogen-bond acceptors (Lipinski definition) is 2. The molecule has 0 bridgehead atoms. The van der Waals surface area contributed by atoms with Gasteiger partial charge in [0, 0.05) is 5.57 Å². The minimum Gasteiger partial charge on any atom is -0.478 e. The third-order valence-corrected chi connectivity index (χ3v) is 1.77. The van der Waals surface area contributed by atoms with Crippen molar-refractivity contribution in [3.63, 3.8) is 0 Å². The smallest absolute Gasteiger partial charge is 0.330 e. The molecule has 0 aliphatic carbocycles. The molecular weight excluding hydrogens is 168 g/mol. The second-order valence-corrected chi connectivity index (χ2v) is 2.96. The molecular formula is C10H16O3. The number of carboxylic acid groups (broad SMARTS) is 1. The van der Waals surface area contributed by atoms with E-state index in [1.165, 1.54) is 0 Å². The Morgan fingerprint density at radius 1 is 1.31 bits per heavy atom. The molecule has 0 rings (SSSR count). The number of carboxylic acids is 1. The summed E-state index contributed by atoms with van der Waals surface area (Å²) in [7, 11) is 0. The van der Waals surface area contributed by atoms with Crippen LogP contribution in [-0.4, -0.2) is 22.8 Å². The van der Waals surface area contributed by atoms with Crippen LogP contribution in [0.15, 0.2) is 23.3 Å². The van der Waals surface area contributed by atoms with E-state index in [0.29, 0.717) is 12.0 Å². The monoisotopic (exact) mass is 184 g/mol. The van der Waals surface area contributed by atoms with Gasteiger partial charge in [0.15, 0.2) is 0 Å². The van der Waals surface area contributed by atoms with Crippen LogP contribution in [0.25, 0.3) is 0 Å². The van der Waals surface area contributed by atoms with Gasteiger partial charge >= 0.3 is 5.97 Å². The number of carbonyl (C=O) groups is 1. The molecule has 0 fully saturated rings. The lowest BCUT2D eigenvalue weighted by Crippen LogP contribution is -1.95. The van der Waals surface area contributed by atoms with Gasteiger partial charge in [-0.3, -0.25) is 0 Å². The third-order valence-electron chi connectivity index (χ3n) is 1.77. The Kier molecular flexibility index (Phi) is 5.89. The Hall–Kier alpha value is -1.09. The van der Waals surface area contributed by atoms with E-state index in [9.17, 15) is 4.79 Å². The molecule has 74 valence electrons. The number of aliphatic hydroxyl groups excluding tert-OH is 1. The zero-order valence-electron chi connectivity index (χ0n) is 8.08. The largest absolute Gasteiger partial charge is 0.478 e. The van der Waals surface area contributed by atoms with Crippen molar-refractivity contribution in [1.82, 2.24) is 0 Å². The molecule has 0 atom stereocenters. The lowest BCUT2D eigenvalue weighted by molar-refractivity contribution is -0.132. The Morgan fingerprint density at radius 3 is 2.38 bits per heavy atom. The van der Waals surface area contributed by atoms with Crippen LogP contribution in [0.1, 0.15) is 26.7 Å². The van der Waals surface area contributed by atoms with Gasteiger partial charge in [0.25, 0.3) is 0 Å². The minimum atomic E-state index is -0.871. The zero-order chi connectivity index (χ0) is 10.3. The second-order valence-electron chi connectivity index (χ2n) is 2.96. The van der Waals surface area contributed by atoms with Gasteiger partial charge in [-0.25, -0.2) is 4.79 Å². The van der Waals surface area contributed by atoms with E-state index in [1.54, 1.807) is 19.1 Å². The maximum absolute atomic E-state index is 10.4. The summed E-state index contributed by atoms with van der Waals surface area (Å²) in [5, 5.41) is 17.1. The van der Waals surface area contributed by atoms with Gasteiger partial charge in [0.1, 0.15) is 0 Å². The molecule has 3 heteroatoms. The first-order chi connectivity index (χ1) is 6.07. The van der Waals surface area contributed by atoms with Crippen LogP contribution in [0.4, 0.5) is 0 Å². The standard InChI is InChI=1S/C10H16O3/c1-8(6-7-11)4-3-5-9(2)10(12)13/h5-6,11H,3-4,7H2,1-2H3,(H,12,13). The van der Waals surface area contributed by atoms with Gasteiger partial charge in [0.05, 0.1) is 6.61 Å². The summed E-state index contributed by atoms with van der Waals surface area (Å²) in [6, 6.07) is 0. The summed E-state index contributed by atoms with van der Waals surface area (Å²) >= 11 is 0. The van der Waals surface area contributed by atoms with Crippen LogP contribution in [0.3, 0.4) is 0 Å². The maximum Gasteiger partial charge on any atom is 0.330 e. The van der Waals surface area contributed by atoms with Crippen molar-refractivity contribution >= 4 is 5.97 Å². The molecule has 0 heterocycles. The van der Waals surface area contributed by atoms with Crippen LogP contribution < -0.4 is 0 Å². The van der Waals surface area contributed by atoms with Crippen molar-refractivity contribution in [3.05, 3.63) is 23.3 Å². The van der Waals surface area contributed by atoms with E-state index in [0.717, 1.165) is 12.0 Å². The molecule has 0 saturated carbocycles. The lowest BCUT2D eigenvalue weighted by atomic mass is 10.1. The predicted molar refractivity (Wildman–Crippen MR) is 51.5 cm³/mol. The van der Waals surface area contributed by atoms with E-state index < -0.39 is 5.97 Å². The SMILES string of the molecule is CC(=CCO)CCC=C(C)C(=O)O. The number of allylic oxidation sites excluding steroid dienone is 2. The van der Waals surface area contributed by atoms with Crippen molar-refractivity contribution in [2.75, 3.05) is 6.61 Å². The van der Waals surface area contributed by atoms with Gasteiger partial charge in [-0.1, -0.05) is 17.7 Å². The highest BCUT2D eigenvalue weighted by atomic mass is 16.4. The molecule has 0 saturated heterocycles. The van der Waals surface area contributed by atoms with Crippen LogP contribution in [0.5, 0.6) is 0 Å². The van der Waals surface area contributed by atoms with E-state index in [1.807, 2.05) is 6.92 Å². The van der Waals surface area contributed by atoms with Gasteiger partial charge in [0.2, 0.25) is 0 Å². The summed E-state index contributed by atoms with van der Waals surface area (Å²) < 4.78 is 0. The summed E-state index contributed by atoms with van der Waals surface area (Å²) in [6.07, 6.45) is 4.92. The van der Waals surface area contributed by atoms with Crippen molar-refractivity contribution in [1.29, 1.82) is 0 Å². The van der Waals surface area contributed by atoms with Crippen molar-refractivity contribution in [2.24, 2.45) is 0 Å². The molecule has 0 aliphatic heterocycles. The minimum absolute atomic E-state index is 0.0491. The quantitative estimate of drug-likeness (QED) is 0.505. The van der Waals surface area contributed by atoms with E-state index in [4.69, 9.17) is 10.2 Å². The Morgan fingerprint density at radius 2 is 1.92 bits per heavy atom. The molecule has 0 aromatic heterocycles. The normalized spacial score (nSPS) is 13.2. The topological polar surface area (TPSA) is 57.5 Å². The van der Waals surface area contributed by atoms with Gasteiger partial charge in [-0.05, 0) is 26.7 Å². The first kappa shape index (κ1) is 11.9. The summed E-state index contributed by atoms with van der Waals surface area (Å²) in [4.78, 5) is 10.4. The fraction of sp³-hybridized carbons (Fsp3) is 0.500. The highest BCUT2D eigenvalue weighted by Crippen LogP contribution is 2.06. The number of aliphatic hydroxyl groups is 1. The third kappa shape index (κ3) is 6.11. The summed E-state index contributed by atoms with van der Waals surface area (Å²) in [6.45, 7) is 3.54. The molecule has 3 nitrogen and oxygen atoms in total. The van der Waals surface area contributed by atoms with E-state index in [2.05, 4.69) is 0 Å². The first-order valence-corrected chi connectivity index (χ1v) is 4.24. The van der Waals surface area contributed by atoms with Crippen molar-refractivity contribution < 1.29 is 15.0 Å². The lowest BCUT2D eigenvalue weighted by Gasteiger charge is -1.97. The fourth-order valence-electron chi connectivity index (χ4n) is 0.862. The summed E-state index contributed by atoms with van der Waals surface area (Å²) in [5.74, 6) is -0.871. The maximum atomic E-state index is 10.4. The average molecular weight is 184 g/mol. The number of rotatable bonds is 5. The summed E-state index contributed by atoms with van der Waals surface area (Å²) in [5.41, 5.74) is 1.45. The highest BCUT2D eigenvalue weighted by Gasteiger charge is 1.97. The van der Waals surface area contributed by atoms with Crippen LogP contribution >= 0.6 is 0 Å². The zero-order valence-corrected chi connectivity index (χ0v) is 8.08. The second kappa shape index (κ2) is 6.43. The van der Waals surface area contributed by atoms with Crippen molar-refractivity contribution in [3.8, 4) is 0 Å². The predicted octanol–water partition coefficient (Wildman–Crippen LogP) is 1.74. The Labute approximate surface area is 78.4 Å². The van der Waals surface area contributed by atoms with Crippen molar-refractivity contribution in [2.45, 2.75) is 26.7 Å². The Balaban J connectivity index is 3.85. The first-order valence-electron chi connectivity index (χ1n) is 4.24. The molecule has 0 amide bonds. The fourth-order valence-corrected chi connectivity index (χ4v) is 0.862. The van der Waals surface area contributed by atoms with E-state index in [-0.39, 0.29) is 6.61 Å².